The third-order valence-electron chi connectivity index (χ3n) is 2.59. The first kappa shape index (κ1) is 12.6. The van der Waals surface area contributed by atoms with Gasteiger partial charge in [-0.25, -0.2) is 4.98 Å². The van der Waals surface area contributed by atoms with Gasteiger partial charge in [0.15, 0.2) is 5.82 Å². The molecule has 94 valence electrons. The Morgan fingerprint density at radius 3 is 2.56 bits per heavy atom. The average molecular weight is 263 g/mol. The number of nitrogens with zero attached hydrogens (tertiary/aromatic N) is 2. The van der Waals surface area contributed by atoms with E-state index in [1.807, 2.05) is 12.1 Å². The molecule has 0 unspecified atom stereocenters. The Morgan fingerprint density at radius 2 is 1.94 bits per heavy atom. The minimum absolute atomic E-state index is 0.494. The Hall–Kier alpha value is -1.81. The summed E-state index contributed by atoms with van der Waals surface area (Å²) in [5.41, 5.74) is 2.25. The van der Waals surface area contributed by atoms with Gasteiger partial charge in [-0.15, -0.1) is 0 Å². The smallest absolute Gasteiger partial charge is 0.224 e. The lowest BCUT2D eigenvalue weighted by Crippen LogP contribution is -2.01. The van der Waals surface area contributed by atoms with Gasteiger partial charge in [0, 0.05) is 12.7 Å². The lowest BCUT2D eigenvalue weighted by molar-refractivity contribution is 1.14. The molecule has 0 atom stereocenters. The number of anilines is 3. The van der Waals surface area contributed by atoms with Crippen molar-refractivity contribution in [1.29, 1.82) is 0 Å². The van der Waals surface area contributed by atoms with E-state index < -0.39 is 0 Å². The number of hydrogen-bond donors (Lipinski definition) is 2. The molecule has 1 aromatic heterocycles. The van der Waals surface area contributed by atoms with Crippen molar-refractivity contribution in [2.45, 2.75) is 13.3 Å². The maximum absolute atomic E-state index is 6.05. The molecule has 0 saturated carbocycles. The van der Waals surface area contributed by atoms with Crippen LogP contribution < -0.4 is 10.6 Å². The van der Waals surface area contributed by atoms with Gasteiger partial charge in [0.1, 0.15) is 5.02 Å². The minimum Gasteiger partial charge on any atom is -0.357 e. The van der Waals surface area contributed by atoms with E-state index in [2.05, 4.69) is 39.7 Å². The first-order valence-electron chi connectivity index (χ1n) is 5.79. The molecule has 18 heavy (non-hydrogen) atoms. The second kappa shape index (κ2) is 5.69. The third kappa shape index (κ3) is 2.90. The van der Waals surface area contributed by atoms with E-state index in [1.54, 1.807) is 13.2 Å². The van der Waals surface area contributed by atoms with E-state index in [1.165, 1.54) is 5.56 Å². The molecule has 0 spiro atoms. The predicted octanol–water partition coefficient (Wildman–Crippen LogP) is 3.48. The molecule has 0 bridgehead atoms. The van der Waals surface area contributed by atoms with Crippen molar-refractivity contribution in [3.63, 3.8) is 0 Å². The second-order valence-corrected chi connectivity index (χ2v) is 4.22. The molecule has 2 aromatic rings. The molecular weight excluding hydrogens is 248 g/mol. The second-order valence-electron chi connectivity index (χ2n) is 3.82. The molecule has 0 aliphatic heterocycles. The maximum atomic E-state index is 6.05. The summed E-state index contributed by atoms with van der Waals surface area (Å²) in [4.78, 5) is 8.30. The van der Waals surface area contributed by atoms with Crippen molar-refractivity contribution in [1.82, 2.24) is 9.97 Å². The van der Waals surface area contributed by atoms with E-state index in [4.69, 9.17) is 11.6 Å². The summed E-state index contributed by atoms with van der Waals surface area (Å²) in [7, 11) is 1.77. The van der Waals surface area contributed by atoms with Crippen LogP contribution in [0.15, 0.2) is 30.5 Å². The van der Waals surface area contributed by atoms with Gasteiger partial charge in [-0.1, -0.05) is 30.7 Å². The molecule has 0 aliphatic rings. The SMILES string of the molecule is CCc1ccc(Nc2nc(NC)ncc2Cl)cc1. The molecule has 0 aliphatic carbocycles. The summed E-state index contributed by atoms with van der Waals surface area (Å²) >= 11 is 6.05. The molecule has 4 nitrogen and oxygen atoms in total. The Morgan fingerprint density at radius 1 is 1.22 bits per heavy atom. The number of halogens is 1. The minimum atomic E-state index is 0.494. The molecule has 1 heterocycles. The third-order valence-corrected chi connectivity index (χ3v) is 2.87. The fraction of sp³-hybridized carbons (Fsp3) is 0.231. The highest BCUT2D eigenvalue weighted by molar-refractivity contribution is 6.32. The van der Waals surface area contributed by atoms with Crippen molar-refractivity contribution >= 4 is 29.1 Å². The fourth-order valence-corrected chi connectivity index (χ4v) is 1.67. The highest BCUT2D eigenvalue weighted by Gasteiger charge is 2.04. The lowest BCUT2D eigenvalue weighted by Gasteiger charge is -2.09. The highest BCUT2D eigenvalue weighted by atomic mass is 35.5. The Kier molecular flexibility index (Phi) is 3.99. The standard InChI is InChI=1S/C13H15ClN4/c1-3-9-4-6-10(7-5-9)17-12-11(14)8-16-13(15-2)18-12/h4-8H,3H2,1-2H3,(H2,15,16,17,18). The van der Waals surface area contributed by atoms with Gasteiger partial charge in [-0.05, 0) is 24.1 Å². The Bertz CT molecular complexity index is 525. The highest BCUT2D eigenvalue weighted by Crippen LogP contribution is 2.23. The normalized spacial score (nSPS) is 10.2. The van der Waals surface area contributed by atoms with E-state index in [0.717, 1.165) is 12.1 Å². The quantitative estimate of drug-likeness (QED) is 0.886. The Labute approximate surface area is 111 Å². The van der Waals surface area contributed by atoms with Gasteiger partial charge >= 0.3 is 0 Å². The van der Waals surface area contributed by atoms with E-state index in [0.29, 0.717) is 16.8 Å². The molecular formula is C13H15ClN4. The molecule has 0 radical (unpaired) electrons. The molecule has 0 fully saturated rings. The van der Waals surface area contributed by atoms with Crippen LogP contribution in [0.2, 0.25) is 5.02 Å². The predicted molar refractivity (Wildman–Crippen MR) is 75.7 cm³/mol. The van der Waals surface area contributed by atoms with E-state index in [9.17, 15) is 0 Å². The first-order chi connectivity index (χ1) is 8.72. The van der Waals surface area contributed by atoms with Gasteiger partial charge in [-0.3, -0.25) is 0 Å². The van der Waals surface area contributed by atoms with Crippen molar-refractivity contribution in [2.24, 2.45) is 0 Å². The van der Waals surface area contributed by atoms with Crippen LogP contribution in [0.4, 0.5) is 17.5 Å². The van der Waals surface area contributed by atoms with Crippen LogP contribution in [0.5, 0.6) is 0 Å². The van der Waals surface area contributed by atoms with Crippen LogP contribution in [0.1, 0.15) is 12.5 Å². The maximum Gasteiger partial charge on any atom is 0.224 e. The van der Waals surface area contributed by atoms with Crippen molar-refractivity contribution in [2.75, 3.05) is 17.7 Å². The molecule has 5 heteroatoms. The van der Waals surface area contributed by atoms with Crippen LogP contribution in [0.25, 0.3) is 0 Å². The largest absolute Gasteiger partial charge is 0.357 e. The van der Waals surface area contributed by atoms with Gasteiger partial charge in [-0.2, -0.15) is 4.98 Å². The summed E-state index contributed by atoms with van der Waals surface area (Å²) in [6.07, 6.45) is 2.60. The molecule has 1 aromatic carbocycles. The molecule has 0 saturated heterocycles. The van der Waals surface area contributed by atoms with Gasteiger partial charge < -0.3 is 10.6 Å². The fourth-order valence-electron chi connectivity index (χ4n) is 1.54. The molecule has 2 N–H and O–H groups in total. The number of rotatable bonds is 4. The summed E-state index contributed by atoms with van der Waals surface area (Å²) in [6.45, 7) is 2.13. The van der Waals surface area contributed by atoms with Gasteiger partial charge in [0.2, 0.25) is 5.95 Å². The number of aromatic nitrogens is 2. The molecule has 2 rings (SSSR count). The first-order valence-corrected chi connectivity index (χ1v) is 6.17. The monoisotopic (exact) mass is 262 g/mol. The summed E-state index contributed by atoms with van der Waals surface area (Å²) in [6, 6.07) is 8.18. The summed E-state index contributed by atoms with van der Waals surface area (Å²) in [5, 5.41) is 6.55. The number of benzene rings is 1. The number of aryl methyl sites for hydroxylation is 1. The zero-order valence-corrected chi connectivity index (χ0v) is 11.1. The zero-order chi connectivity index (χ0) is 13.0. The number of hydrogen-bond acceptors (Lipinski definition) is 4. The van der Waals surface area contributed by atoms with E-state index in [-0.39, 0.29) is 0 Å². The van der Waals surface area contributed by atoms with Crippen molar-refractivity contribution in [3.8, 4) is 0 Å². The van der Waals surface area contributed by atoms with E-state index >= 15 is 0 Å². The van der Waals surface area contributed by atoms with Crippen LogP contribution in [0, 0.1) is 0 Å². The van der Waals surface area contributed by atoms with Gasteiger partial charge in [0.25, 0.3) is 0 Å². The molecule has 0 amide bonds. The number of nitrogens with one attached hydrogen (secondary N) is 2. The average Bonchev–Trinajstić information content (AvgIpc) is 2.42. The van der Waals surface area contributed by atoms with Crippen molar-refractivity contribution in [3.05, 3.63) is 41.0 Å². The van der Waals surface area contributed by atoms with Gasteiger partial charge in [0.05, 0.1) is 6.20 Å². The van der Waals surface area contributed by atoms with Crippen molar-refractivity contribution < 1.29 is 0 Å². The van der Waals surface area contributed by atoms with Crippen LogP contribution in [-0.2, 0) is 6.42 Å². The lowest BCUT2D eigenvalue weighted by atomic mass is 10.1. The topological polar surface area (TPSA) is 49.8 Å². The zero-order valence-electron chi connectivity index (χ0n) is 10.4. The Balaban J connectivity index is 2.21. The summed E-state index contributed by atoms with van der Waals surface area (Å²) in [5.74, 6) is 1.13. The van der Waals surface area contributed by atoms with Crippen LogP contribution >= 0.6 is 11.6 Å². The summed E-state index contributed by atoms with van der Waals surface area (Å²) < 4.78 is 0. The van der Waals surface area contributed by atoms with Crippen LogP contribution in [-0.4, -0.2) is 17.0 Å². The van der Waals surface area contributed by atoms with Crippen LogP contribution in [0.3, 0.4) is 0 Å².